The number of carbonyl (C=O) groups excluding carboxylic acids is 2. The Morgan fingerprint density at radius 3 is 2.61 bits per heavy atom. The number of amidine groups is 1. The molecule has 6 N–H and O–H groups in total. The van der Waals surface area contributed by atoms with Gasteiger partial charge in [-0.2, -0.15) is 0 Å². The van der Waals surface area contributed by atoms with Crippen LogP contribution in [0.2, 0.25) is 0 Å². The van der Waals surface area contributed by atoms with E-state index >= 15 is 0 Å². The molecule has 1 aromatic rings. The Labute approximate surface area is 161 Å². The first kappa shape index (κ1) is 19.4. The summed E-state index contributed by atoms with van der Waals surface area (Å²) in [5.41, 5.74) is 0.465. The zero-order valence-electron chi connectivity index (χ0n) is 15.1. The van der Waals surface area contributed by atoms with Crippen LogP contribution in [0.4, 0.5) is 4.39 Å². The number of nitrogens with one attached hydrogen (secondary N) is 6. The standard InChI is InChI=1S/C19H21FN6O2/c20-14-4-2-1-3-12(14)17(22)26-19(28)13(10-21)18-24-15(9-16(27)25-18)11-5-7-23-8-6-11/h1-4,9-11,21,23-24H,5-8H2,(H,25,27)(H2,22,26,28)/b18-13-,21-10?. The molecule has 0 saturated carbocycles. The Bertz CT molecular complexity index is 886. The first-order valence-corrected chi connectivity index (χ1v) is 8.89. The van der Waals surface area contributed by atoms with Gasteiger partial charge in [0.15, 0.2) is 0 Å². The van der Waals surface area contributed by atoms with E-state index in [1.807, 2.05) is 0 Å². The van der Waals surface area contributed by atoms with Crippen molar-refractivity contribution in [3.05, 3.63) is 58.8 Å². The van der Waals surface area contributed by atoms with E-state index in [4.69, 9.17) is 10.8 Å². The molecule has 2 aliphatic heterocycles. The maximum atomic E-state index is 13.8. The van der Waals surface area contributed by atoms with Crippen LogP contribution in [0.25, 0.3) is 0 Å². The molecule has 0 radical (unpaired) electrons. The second-order valence-electron chi connectivity index (χ2n) is 6.48. The zero-order valence-corrected chi connectivity index (χ0v) is 15.1. The SMILES string of the molecule is N=C/C(C(=O)NC(=N)c1ccccc1F)=C1/NC(=O)C=C(C2CCNCC2)N1. The number of hydrogen-bond acceptors (Lipinski definition) is 6. The maximum absolute atomic E-state index is 13.8. The number of piperidine rings is 1. The fourth-order valence-electron chi connectivity index (χ4n) is 3.16. The molecule has 0 spiro atoms. The van der Waals surface area contributed by atoms with Crippen molar-refractivity contribution in [3.8, 4) is 0 Å². The van der Waals surface area contributed by atoms with Crippen molar-refractivity contribution in [1.29, 1.82) is 10.8 Å². The van der Waals surface area contributed by atoms with Crippen molar-refractivity contribution in [2.75, 3.05) is 13.1 Å². The molecule has 0 atom stereocenters. The van der Waals surface area contributed by atoms with Gasteiger partial charge in [0, 0.05) is 23.9 Å². The van der Waals surface area contributed by atoms with Gasteiger partial charge < -0.3 is 26.7 Å². The predicted molar refractivity (Wildman–Crippen MR) is 102 cm³/mol. The lowest BCUT2D eigenvalue weighted by Gasteiger charge is -2.29. The molecule has 0 aliphatic carbocycles. The number of halogens is 1. The Hall–Kier alpha value is -3.33. The molecule has 0 aromatic heterocycles. The number of carbonyl (C=O) groups is 2. The van der Waals surface area contributed by atoms with Gasteiger partial charge >= 0.3 is 0 Å². The van der Waals surface area contributed by atoms with Crippen molar-refractivity contribution in [1.82, 2.24) is 21.3 Å². The van der Waals surface area contributed by atoms with Gasteiger partial charge in [0.2, 0.25) is 0 Å². The topological polar surface area (TPSA) is 130 Å². The normalized spacial score (nSPS) is 19.0. The lowest BCUT2D eigenvalue weighted by molar-refractivity contribution is -0.116. The van der Waals surface area contributed by atoms with Crippen molar-refractivity contribution in [2.24, 2.45) is 5.92 Å². The highest BCUT2D eigenvalue weighted by molar-refractivity contribution is 6.19. The number of amides is 2. The van der Waals surface area contributed by atoms with Crippen LogP contribution in [-0.2, 0) is 9.59 Å². The minimum atomic E-state index is -0.794. The van der Waals surface area contributed by atoms with Crippen LogP contribution in [0.1, 0.15) is 18.4 Å². The highest BCUT2D eigenvalue weighted by Crippen LogP contribution is 2.22. The molecule has 3 rings (SSSR count). The van der Waals surface area contributed by atoms with E-state index in [2.05, 4.69) is 21.3 Å². The van der Waals surface area contributed by atoms with Gasteiger partial charge in [-0.15, -0.1) is 0 Å². The van der Waals surface area contributed by atoms with Crippen molar-refractivity contribution < 1.29 is 14.0 Å². The number of benzene rings is 1. The maximum Gasteiger partial charge on any atom is 0.262 e. The molecular formula is C19H21FN6O2. The average molecular weight is 384 g/mol. The lowest BCUT2D eigenvalue weighted by atomic mass is 9.93. The molecule has 1 saturated heterocycles. The predicted octanol–water partition coefficient (Wildman–Crippen LogP) is 0.731. The van der Waals surface area contributed by atoms with Gasteiger partial charge in [-0.1, -0.05) is 12.1 Å². The van der Waals surface area contributed by atoms with E-state index in [-0.39, 0.29) is 22.9 Å². The van der Waals surface area contributed by atoms with Crippen molar-refractivity contribution in [3.63, 3.8) is 0 Å². The van der Waals surface area contributed by atoms with Crippen LogP contribution in [0.15, 0.2) is 47.4 Å². The van der Waals surface area contributed by atoms with E-state index in [0.717, 1.165) is 32.1 Å². The summed E-state index contributed by atoms with van der Waals surface area (Å²) in [7, 11) is 0. The third-order valence-corrected chi connectivity index (χ3v) is 4.62. The van der Waals surface area contributed by atoms with Gasteiger partial charge in [0.05, 0.1) is 11.1 Å². The average Bonchev–Trinajstić information content (AvgIpc) is 2.69. The third kappa shape index (κ3) is 4.32. The molecule has 2 amide bonds. The Balaban J connectivity index is 1.79. The monoisotopic (exact) mass is 384 g/mol. The largest absolute Gasteiger partial charge is 0.344 e. The quantitative estimate of drug-likeness (QED) is 0.260. The third-order valence-electron chi connectivity index (χ3n) is 4.62. The highest BCUT2D eigenvalue weighted by atomic mass is 19.1. The van der Waals surface area contributed by atoms with Crippen LogP contribution in [0.3, 0.4) is 0 Å². The smallest absolute Gasteiger partial charge is 0.262 e. The molecule has 1 fully saturated rings. The summed E-state index contributed by atoms with van der Waals surface area (Å²) in [5.74, 6) is -2.03. The second-order valence-corrected chi connectivity index (χ2v) is 6.48. The fourth-order valence-corrected chi connectivity index (χ4v) is 3.16. The number of rotatable bonds is 4. The minimum absolute atomic E-state index is 0.0684. The van der Waals surface area contributed by atoms with E-state index in [1.165, 1.54) is 24.3 Å². The lowest BCUT2D eigenvalue weighted by Crippen LogP contribution is -2.43. The van der Waals surface area contributed by atoms with Gasteiger partial charge in [-0.3, -0.25) is 15.0 Å². The highest BCUT2D eigenvalue weighted by Gasteiger charge is 2.26. The van der Waals surface area contributed by atoms with Gasteiger partial charge in [0.25, 0.3) is 11.8 Å². The number of hydrogen-bond donors (Lipinski definition) is 6. The van der Waals surface area contributed by atoms with Gasteiger partial charge in [-0.25, -0.2) is 4.39 Å². The summed E-state index contributed by atoms with van der Waals surface area (Å²) >= 11 is 0. The summed E-state index contributed by atoms with van der Waals surface area (Å²) < 4.78 is 13.8. The molecule has 2 heterocycles. The molecule has 0 bridgehead atoms. The van der Waals surface area contributed by atoms with E-state index in [9.17, 15) is 14.0 Å². The first-order valence-electron chi connectivity index (χ1n) is 8.89. The van der Waals surface area contributed by atoms with Crippen molar-refractivity contribution in [2.45, 2.75) is 12.8 Å². The number of allylic oxidation sites excluding steroid dienone is 1. The summed E-state index contributed by atoms with van der Waals surface area (Å²) in [4.78, 5) is 24.6. The molecule has 28 heavy (non-hydrogen) atoms. The molecule has 1 aromatic carbocycles. The Kier molecular flexibility index (Phi) is 5.95. The molecule has 2 aliphatic rings. The fraction of sp³-hybridized carbons (Fsp3) is 0.263. The van der Waals surface area contributed by atoms with E-state index < -0.39 is 23.5 Å². The van der Waals surface area contributed by atoms with Crippen molar-refractivity contribution >= 4 is 23.9 Å². The molecular weight excluding hydrogens is 363 g/mol. The van der Waals surface area contributed by atoms with Crippen LogP contribution in [0, 0.1) is 22.6 Å². The Morgan fingerprint density at radius 1 is 1.21 bits per heavy atom. The van der Waals surface area contributed by atoms with E-state index in [0.29, 0.717) is 5.70 Å². The molecule has 0 unspecified atom stereocenters. The summed E-state index contributed by atoms with van der Waals surface area (Å²) in [5, 5.41) is 26.6. The van der Waals surface area contributed by atoms with Crippen LogP contribution in [0.5, 0.6) is 0 Å². The molecule has 146 valence electrons. The first-order chi connectivity index (χ1) is 13.5. The zero-order chi connectivity index (χ0) is 20.1. The second kappa shape index (κ2) is 8.57. The Morgan fingerprint density at radius 2 is 1.93 bits per heavy atom. The minimum Gasteiger partial charge on any atom is -0.344 e. The van der Waals surface area contributed by atoms with Gasteiger partial charge in [0.1, 0.15) is 17.5 Å². The summed E-state index contributed by atoms with van der Waals surface area (Å²) in [6, 6.07) is 5.59. The van der Waals surface area contributed by atoms with Crippen LogP contribution >= 0.6 is 0 Å². The van der Waals surface area contributed by atoms with Crippen LogP contribution in [-0.4, -0.2) is 37.0 Å². The summed E-state index contributed by atoms with van der Waals surface area (Å²) in [6.45, 7) is 1.67. The van der Waals surface area contributed by atoms with Crippen LogP contribution < -0.4 is 21.3 Å². The van der Waals surface area contributed by atoms with E-state index in [1.54, 1.807) is 6.07 Å². The molecule has 8 nitrogen and oxygen atoms in total. The summed E-state index contributed by atoms with van der Waals surface area (Å²) in [6.07, 6.45) is 3.95. The molecule has 9 heteroatoms. The van der Waals surface area contributed by atoms with Gasteiger partial charge in [-0.05, 0) is 38.1 Å².